The Balaban J connectivity index is 1.68. The van der Waals surface area contributed by atoms with Gasteiger partial charge in [-0.05, 0) is 25.1 Å². The van der Waals surface area contributed by atoms with Gasteiger partial charge in [-0.3, -0.25) is 14.4 Å². The minimum Gasteiger partial charge on any atom is -0.455 e. The Morgan fingerprint density at radius 1 is 1.17 bits per heavy atom. The normalized spacial score (nSPS) is 11.0. The van der Waals surface area contributed by atoms with Crippen molar-refractivity contribution in [1.29, 1.82) is 0 Å². The van der Waals surface area contributed by atoms with Gasteiger partial charge in [0.2, 0.25) is 15.9 Å². The number of amides is 2. The fourth-order valence-electron chi connectivity index (χ4n) is 1.97. The molecule has 2 aromatic rings. The van der Waals surface area contributed by atoms with Crippen molar-refractivity contribution in [2.75, 3.05) is 28.7 Å². The SMILES string of the molecule is Cc1cc(NC(=O)CSCC(=O)OCC(=O)Nc2cccc(S(N)(=O)=O)c2)no1. The number of nitrogens with one attached hydrogen (secondary N) is 2. The van der Waals surface area contributed by atoms with Crippen LogP contribution in [0.1, 0.15) is 5.76 Å². The van der Waals surface area contributed by atoms with Gasteiger partial charge in [-0.25, -0.2) is 13.6 Å². The average molecular weight is 442 g/mol. The molecule has 4 N–H and O–H groups in total. The molecule has 0 saturated heterocycles. The molecular weight excluding hydrogens is 424 g/mol. The first-order valence-electron chi connectivity index (χ1n) is 8.03. The third kappa shape index (κ3) is 7.93. The molecule has 0 saturated carbocycles. The third-order valence-electron chi connectivity index (χ3n) is 3.16. The Labute approximate surface area is 170 Å². The van der Waals surface area contributed by atoms with E-state index in [1.807, 2.05) is 0 Å². The summed E-state index contributed by atoms with van der Waals surface area (Å²) in [5, 5.41) is 13.5. The number of benzene rings is 1. The summed E-state index contributed by atoms with van der Waals surface area (Å²) < 4.78 is 32.2. The van der Waals surface area contributed by atoms with Crippen molar-refractivity contribution < 1.29 is 32.1 Å². The van der Waals surface area contributed by atoms with E-state index in [0.717, 1.165) is 11.8 Å². The minimum absolute atomic E-state index is 0.0203. The molecule has 11 nitrogen and oxygen atoms in total. The number of carbonyl (C=O) groups excluding carboxylic acids is 3. The smallest absolute Gasteiger partial charge is 0.316 e. The highest BCUT2D eigenvalue weighted by atomic mass is 32.2. The van der Waals surface area contributed by atoms with E-state index in [0.29, 0.717) is 5.76 Å². The molecule has 0 atom stereocenters. The summed E-state index contributed by atoms with van der Waals surface area (Å²) in [6.07, 6.45) is 0. The zero-order valence-corrected chi connectivity index (χ0v) is 16.8. The van der Waals surface area contributed by atoms with Gasteiger partial charge in [0.25, 0.3) is 5.91 Å². The Hall–Kier alpha value is -2.90. The van der Waals surface area contributed by atoms with E-state index in [1.54, 1.807) is 13.0 Å². The lowest BCUT2D eigenvalue weighted by molar-refractivity contribution is -0.144. The van der Waals surface area contributed by atoms with Gasteiger partial charge in [-0.2, -0.15) is 0 Å². The molecule has 1 heterocycles. The van der Waals surface area contributed by atoms with E-state index in [2.05, 4.69) is 15.8 Å². The van der Waals surface area contributed by atoms with Gasteiger partial charge in [-0.1, -0.05) is 11.2 Å². The summed E-state index contributed by atoms with van der Waals surface area (Å²) in [4.78, 5) is 35.0. The number of carbonyl (C=O) groups is 3. The van der Waals surface area contributed by atoms with Crippen LogP contribution in [0.3, 0.4) is 0 Å². The largest absolute Gasteiger partial charge is 0.455 e. The lowest BCUT2D eigenvalue weighted by Gasteiger charge is -2.07. The zero-order valence-electron chi connectivity index (χ0n) is 15.2. The first kappa shape index (κ1) is 22.4. The molecule has 0 fully saturated rings. The maximum absolute atomic E-state index is 11.8. The fourth-order valence-corrected chi connectivity index (χ4v) is 3.14. The number of aryl methyl sites for hydroxylation is 1. The molecule has 0 spiro atoms. The average Bonchev–Trinajstić information content (AvgIpc) is 3.04. The summed E-state index contributed by atoms with van der Waals surface area (Å²) in [6, 6.07) is 6.87. The number of sulfonamides is 1. The van der Waals surface area contributed by atoms with Crippen LogP contribution >= 0.6 is 11.8 Å². The summed E-state index contributed by atoms with van der Waals surface area (Å²) >= 11 is 0.999. The molecule has 2 amide bonds. The van der Waals surface area contributed by atoms with Crippen molar-refractivity contribution in [3.63, 3.8) is 0 Å². The second-order valence-electron chi connectivity index (χ2n) is 5.65. The number of thioether (sulfide) groups is 1. The molecule has 0 radical (unpaired) electrons. The van der Waals surface area contributed by atoms with Crippen LogP contribution in [-0.4, -0.2) is 49.5 Å². The highest BCUT2D eigenvalue weighted by Crippen LogP contribution is 2.14. The predicted molar refractivity (Wildman–Crippen MR) is 105 cm³/mol. The van der Waals surface area contributed by atoms with Gasteiger partial charge in [-0.15, -0.1) is 11.8 Å². The van der Waals surface area contributed by atoms with Gasteiger partial charge in [0, 0.05) is 11.8 Å². The van der Waals surface area contributed by atoms with E-state index in [1.165, 1.54) is 24.3 Å². The number of nitrogens with two attached hydrogens (primary N) is 1. The Kier molecular flexibility index (Phi) is 7.75. The number of hydrogen-bond donors (Lipinski definition) is 3. The Bertz CT molecular complexity index is 1000. The molecule has 156 valence electrons. The first-order valence-corrected chi connectivity index (χ1v) is 10.7. The van der Waals surface area contributed by atoms with Crippen LogP contribution in [0.5, 0.6) is 0 Å². The molecular formula is C16H18N4O7S2. The van der Waals surface area contributed by atoms with Crippen LogP contribution in [-0.2, 0) is 29.1 Å². The van der Waals surface area contributed by atoms with E-state index in [9.17, 15) is 22.8 Å². The molecule has 29 heavy (non-hydrogen) atoms. The van der Waals surface area contributed by atoms with Crippen LogP contribution in [0.4, 0.5) is 11.5 Å². The van der Waals surface area contributed by atoms with Crippen molar-refractivity contribution >= 4 is 51.1 Å². The van der Waals surface area contributed by atoms with Gasteiger partial charge in [0.05, 0.1) is 16.4 Å². The van der Waals surface area contributed by atoms with Gasteiger partial charge >= 0.3 is 5.97 Å². The van der Waals surface area contributed by atoms with Crippen LogP contribution in [0.15, 0.2) is 39.8 Å². The summed E-state index contributed by atoms with van der Waals surface area (Å²) in [7, 11) is -3.90. The van der Waals surface area contributed by atoms with Crippen molar-refractivity contribution in [2.45, 2.75) is 11.8 Å². The van der Waals surface area contributed by atoms with Gasteiger partial charge in [0.1, 0.15) is 5.76 Å². The number of primary sulfonamides is 1. The number of anilines is 2. The fraction of sp³-hybridized carbons (Fsp3) is 0.250. The highest BCUT2D eigenvalue weighted by molar-refractivity contribution is 8.00. The van der Waals surface area contributed by atoms with E-state index in [-0.39, 0.29) is 33.8 Å². The molecule has 1 aromatic carbocycles. The highest BCUT2D eigenvalue weighted by Gasteiger charge is 2.12. The molecule has 2 rings (SSSR count). The van der Waals surface area contributed by atoms with Crippen LogP contribution in [0, 0.1) is 6.92 Å². The number of rotatable bonds is 9. The van der Waals surface area contributed by atoms with E-state index < -0.39 is 28.5 Å². The predicted octanol–water partition coefficient (Wildman–Crippen LogP) is 0.484. The summed E-state index contributed by atoms with van der Waals surface area (Å²) in [5.74, 6) is -1.05. The summed E-state index contributed by atoms with van der Waals surface area (Å²) in [6.45, 7) is 1.11. The lowest BCUT2D eigenvalue weighted by atomic mass is 10.3. The molecule has 13 heteroatoms. The number of hydrogen-bond acceptors (Lipinski definition) is 9. The summed E-state index contributed by atoms with van der Waals surface area (Å²) in [5.41, 5.74) is 0.187. The number of ether oxygens (including phenoxy) is 1. The third-order valence-corrected chi connectivity index (χ3v) is 4.98. The van der Waals surface area contributed by atoms with Crippen molar-refractivity contribution in [1.82, 2.24) is 5.16 Å². The van der Waals surface area contributed by atoms with Crippen LogP contribution < -0.4 is 15.8 Å². The topological polar surface area (TPSA) is 171 Å². The minimum atomic E-state index is -3.90. The zero-order chi connectivity index (χ0) is 21.4. The maximum Gasteiger partial charge on any atom is 0.316 e. The first-order chi connectivity index (χ1) is 13.6. The molecule has 0 unspecified atom stereocenters. The molecule has 1 aromatic heterocycles. The second-order valence-corrected chi connectivity index (χ2v) is 8.19. The Morgan fingerprint density at radius 3 is 2.59 bits per heavy atom. The van der Waals surface area contributed by atoms with E-state index in [4.69, 9.17) is 14.4 Å². The standard InChI is InChI=1S/C16H18N4O7S2/c1-10-5-13(20-27-10)19-15(22)8-28-9-16(23)26-7-14(21)18-11-3-2-4-12(6-11)29(17,24)25/h2-6H,7-9H2,1H3,(H,18,21)(H2,17,24,25)(H,19,20,22). The van der Waals surface area contributed by atoms with Gasteiger partial charge < -0.3 is 19.9 Å². The Morgan fingerprint density at radius 2 is 1.93 bits per heavy atom. The monoisotopic (exact) mass is 442 g/mol. The quantitative estimate of drug-likeness (QED) is 0.467. The van der Waals surface area contributed by atoms with E-state index >= 15 is 0 Å². The second kappa shape index (κ2) is 10.0. The van der Waals surface area contributed by atoms with Crippen molar-refractivity contribution in [3.8, 4) is 0 Å². The molecule has 0 bridgehead atoms. The number of esters is 1. The van der Waals surface area contributed by atoms with Crippen LogP contribution in [0.2, 0.25) is 0 Å². The molecule has 0 aliphatic rings. The van der Waals surface area contributed by atoms with Gasteiger partial charge in [0.15, 0.2) is 12.4 Å². The molecule has 0 aliphatic carbocycles. The maximum atomic E-state index is 11.8. The number of aromatic nitrogens is 1. The number of nitrogens with zero attached hydrogens (tertiary/aromatic N) is 1. The van der Waals surface area contributed by atoms with Crippen LogP contribution in [0.25, 0.3) is 0 Å². The van der Waals surface area contributed by atoms with Crippen molar-refractivity contribution in [3.05, 3.63) is 36.1 Å². The lowest BCUT2D eigenvalue weighted by Crippen LogP contribution is -2.22. The van der Waals surface area contributed by atoms with Crippen molar-refractivity contribution in [2.24, 2.45) is 5.14 Å². The molecule has 0 aliphatic heterocycles.